The number of hydrogen-bond donors (Lipinski definition) is 1. The monoisotopic (exact) mass is 593 g/mol. The molecule has 5 aromatic rings. The first-order chi connectivity index (χ1) is 21.0. The van der Waals surface area contributed by atoms with E-state index in [4.69, 9.17) is 19.2 Å². The predicted octanol–water partition coefficient (Wildman–Crippen LogP) is 6.30. The second-order valence-corrected chi connectivity index (χ2v) is 10.7. The molecule has 1 atom stereocenters. The van der Waals surface area contributed by atoms with Gasteiger partial charge >= 0.3 is 5.91 Å². The number of fused-ring (bicyclic) bond motifs is 1. The fourth-order valence-corrected chi connectivity index (χ4v) is 5.99. The van der Waals surface area contributed by atoms with Crippen LogP contribution in [0.2, 0.25) is 0 Å². The van der Waals surface area contributed by atoms with E-state index in [1.165, 1.54) is 35.7 Å². The topological polar surface area (TPSA) is 111 Å². The maximum Gasteiger partial charge on any atom is 0.301 e. The number of thiazole rings is 1. The number of carbonyl (C=O) groups is 2. The summed E-state index contributed by atoms with van der Waals surface area (Å²) in [6.45, 7) is 2.73. The third kappa shape index (κ3) is 5.40. The average Bonchev–Trinajstić information content (AvgIpc) is 3.58. The van der Waals surface area contributed by atoms with E-state index < -0.39 is 17.7 Å². The van der Waals surface area contributed by atoms with Gasteiger partial charge in [0.05, 0.1) is 35.5 Å². The van der Waals surface area contributed by atoms with Crippen LogP contribution in [0.1, 0.15) is 29.7 Å². The Hall–Kier alpha value is -5.22. The van der Waals surface area contributed by atoms with Crippen LogP contribution in [0, 0.1) is 0 Å². The summed E-state index contributed by atoms with van der Waals surface area (Å²) >= 11 is 1.26. The zero-order valence-electron chi connectivity index (χ0n) is 23.4. The van der Waals surface area contributed by atoms with Crippen molar-refractivity contribution < 1.29 is 28.9 Å². The number of aliphatic hydroxyl groups excluding tert-OH is 1. The van der Waals surface area contributed by atoms with Crippen molar-refractivity contribution in [2.45, 2.75) is 19.6 Å². The highest BCUT2D eigenvalue weighted by molar-refractivity contribution is 7.22. The molecule has 1 amide bonds. The van der Waals surface area contributed by atoms with Crippen LogP contribution in [0.25, 0.3) is 16.0 Å². The Kier molecular flexibility index (Phi) is 7.76. The largest absolute Gasteiger partial charge is 0.507 e. The molecule has 1 N–H and O–H groups in total. The molecule has 3 heterocycles. The van der Waals surface area contributed by atoms with E-state index in [1.54, 1.807) is 30.3 Å². The lowest BCUT2D eigenvalue weighted by Gasteiger charge is -2.24. The van der Waals surface area contributed by atoms with Gasteiger partial charge in [-0.05, 0) is 60.5 Å². The molecule has 216 valence electrons. The van der Waals surface area contributed by atoms with Gasteiger partial charge < -0.3 is 19.3 Å². The quantitative estimate of drug-likeness (QED) is 0.120. The smallest absolute Gasteiger partial charge is 0.301 e. The number of ketones is 1. The maximum atomic E-state index is 13.7. The van der Waals surface area contributed by atoms with Crippen LogP contribution in [0.5, 0.6) is 17.2 Å². The number of rotatable bonds is 9. The fourth-order valence-electron chi connectivity index (χ4n) is 4.97. The minimum absolute atomic E-state index is 0.0644. The molecule has 6 rings (SSSR count). The molecule has 0 saturated carbocycles. The molecule has 0 aliphatic carbocycles. The molecule has 0 bridgehead atoms. The number of aliphatic hydroxyl groups is 1. The highest BCUT2D eigenvalue weighted by Crippen LogP contribution is 2.46. The van der Waals surface area contributed by atoms with E-state index in [9.17, 15) is 14.7 Å². The molecule has 1 aliphatic rings. The lowest BCUT2D eigenvalue weighted by molar-refractivity contribution is -0.132. The van der Waals surface area contributed by atoms with Crippen molar-refractivity contribution in [1.82, 2.24) is 9.97 Å². The molecule has 1 aliphatic heterocycles. The van der Waals surface area contributed by atoms with E-state index in [-0.39, 0.29) is 11.3 Å². The number of ether oxygens (including phenoxy) is 3. The zero-order valence-corrected chi connectivity index (χ0v) is 24.2. The predicted molar refractivity (Wildman–Crippen MR) is 164 cm³/mol. The van der Waals surface area contributed by atoms with Gasteiger partial charge in [-0.2, -0.15) is 0 Å². The summed E-state index contributed by atoms with van der Waals surface area (Å²) in [5.74, 6) is -0.350. The number of hydrogen-bond acceptors (Lipinski definition) is 9. The summed E-state index contributed by atoms with van der Waals surface area (Å²) in [7, 11) is 1.52. The van der Waals surface area contributed by atoms with Crippen molar-refractivity contribution >= 4 is 44.1 Å². The Morgan fingerprint density at radius 2 is 1.74 bits per heavy atom. The number of amides is 1. The summed E-state index contributed by atoms with van der Waals surface area (Å²) in [4.78, 5) is 37.3. The Bertz CT molecular complexity index is 1840. The van der Waals surface area contributed by atoms with Crippen LogP contribution < -0.4 is 19.1 Å². The molecule has 9 nitrogen and oxygen atoms in total. The highest BCUT2D eigenvalue weighted by atomic mass is 32.1. The summed E-state index contributed by atoms with van der Waals surface area (Å²) in [6.07, 6.45) is 3.01. The van der Waals surface area contributed by atoms with E-state index >= 15 is 0 Å². The van der Waals surface area contributed by atoms with E-state index in [2.05, 4.69) is 4.98 Å². The van der Waals surface area contributed by atoms with Crippen LogP contribution in [-0.4, -0.2) is 40.5 Å². The molecule has 43 heavy (non-hydrogen) atoms. The van der Waals surface area contributed by atoms with Gasteiger partial charge in [0, 0.05) is 18.0 Å². The van der Waals surface area contributed by atoms with Crippen LogP contribution in [0.15, 0.2) is 96.8 Å². The van der Waals surface area contributed by atoms with Gasteiger partial charge in [0.1, 0.15) is 18.1 Å². The number of nitrogens with zero attached hydrogens (tertiary/aromatic N) is 3. The minimum Gasteiger partial charge on any atom is -0.507 e. The molecular formula is C33H27N3O6S. The SMILES string of the molecule is CCOc1ccc2nc(N3C(=O)C(=O)C(=C(O)c4ccncc4)C3c3ccc(OCc4ccccc4)c(OC)c3)sc2c1. The van der Waals surface area contributed by atoms with Gasteiger partial charge in [0.25, 0.3) is 5.78 Å². The first kappa shape index (κ1) is 27.9. The number of pyridine rings is 1. The second-order valence-electron chi connectivity index (χ2n) is 9.65. The summed E-state index contributed by atoms with van der Waals surface area (Å²) in [6, 6.07) is 22.6. The van der Waals surface area contributed by atoms with Gasteiger partial charge in [0.15, 0.2) is 16.6 Å². The van der Waals surface area contributed by atoms with Crippen LogP contribution >= 0.6 is 11.3 Å². The Morgan fingerprint density at radius 1 is 0.953 bits per heavy atom. The Labute approximate surface area is 251 Å². The lowest BCUT2D eigenvalue weighted by Crippen LogP contribution is -2.29. The number of methoxy groups -OCH3 is 1. The molecule has 0 radical (unpaired) electrons. The second kappa shape index (κ2) is 11.9. The van der Waals surface area contributed by atoms with E-state index in [0.29, 0.717) is 52.2 Å². The molecule has 1 saturated heterocycles. The third-order valence-electron chi connectivity index (χ3n) is 7.00. The number of carbonyl (C=O) groups excluding carboxylic acids is 2. The lowest BCUT2D eigenvalue weighted by atomic mass is 9.95. The molecule has 2 aromatic heterocycles. The highest BCUT2D eigenvalue weighted by Gasteiger charge is 2.48. The van der Waals surface area contributed by atoms with Crippen LogP contribution in [0.3, 0.4) is 0 Å². The first-order valence-corrected chi connectivity index (χ1v) is 14.4. The zero-order chi connectivity index (χ0) is 29.9. The maximum absolute atomic E-state index is 13.7. The number of aromatic nitrogens is 2. The molecule has 0 spiro atoms. The van der Waals surface area contributed by atoms with Crippen LogP contribution in [-0.2, 0) is 16.2 Å². The molecule has 3 aromatic carbocycles. The van der Waals surface area contributed by atoms with Gasteiger partial charge in [-0.15, -0.1) is 0 Å². The standard InChI is InChI=1S/C33H27N3O6S/c1-3-41-23-10-11-24-27(18-23)43-33(35-24)36-29(28(31(38)32(36)39)30(37)21-13-15-34-16-14-21)22-9-12-25(26(17-22)40-2)42-19-20-7-5-4-6-8-20/h4-18,29,37H,3,19H2,1-2H3. The number of Topliss-reactive ketones (excluding diaryl/α,β-unsaturated/α-hetero) is 1. The van der Waals surface area contributed by atoms with Gasteiger partial charge in [-0.25, -0.2) is 4.98 Å². The summed E-state index contributed by atoms with van der Waals surface area (Å²) in [5.41, 5.74) is 2.47. The van der Waals surface area contributed by atoms with Gasteiger partial charge in [-0.3, -0.25) is 19.5 Å². The van der Waals surface area contributed by atoms with Crippen molar-refractivity contribution in [2.24, 2.45) is 0 Å². The van der Waals surface area contributed by atoms with Gasteiger partial charge in [-0.1, -0.05) is 47.7 Å². The van der Waals surface area contributed by atoms with Crippen molar-refractivity contribution in [3.05, 3.63) is 114 Å². The van der Waals surface area contributed by atoms with Crippen LogP contribution in [0.4, 0.5) is 5.13 Å². The number of benzene rings is 3. The molecule has 1 fully saturated rings. The average molecular weight is 594 g/mol. The van der Waals surface area contributed by atoms with Crippen molar-refractivity contribution in [3.63, 3.8) is 0 Å². The van der Waals surface area contributed by atoms with Crippen molar-refractivity contribution in [2.75, 3.05) is 18.6 Å². The van der Waals surface area contributed by atoms with Gasteiger partial charge in [0.2, 0.25) is 0 Å². The molecule has 1 unspecified atom stereocenters. The van der Waals surface area contributed by atoms with E-state index in [0.717, 1.165) is 10.3 Å². The Morgan fingerprint density at radius 3 is 2.49 bits per heavy atom. The fraction of sp³-hybridized carbons (Fsp3) is 0.152. The Balaban J connectivity index is 1.46. The molecular weight excluding hydrogens is 566 g/mol. The normalized spacial score (nSPS) is 16.0. The summed E-state index contributed by atoms with van der Waals surface area (Å²) < 4.78 is 18.1. The number of anilines is 1. The van der Waals surface area contributed by atoms with E-state index in [1.807, 2.05) is 55.5 Å². The minimum atomic E-state index is -0.989. The molecule has 10 heteroatoms. The summed E-state index contributed by atoms with van der Waals surface area (Å²) in [5, 5.41) is 11.7. The van der Waals surface area contributed by atoms with Crippen molar-refractivity contribution in [3.8, 4) is 17.2 Å². The first-order valence-electron chi connectivity index (χ1n) is 13.6. The van der Waals surface area contributed by atoms with Crippen molar-refractivity contribution in [1.29, 1.82) is 0 Å². The third-order valence-corrected chi connectivity index (χ3v) is 8.02.